The number of benzene rings is 2. The highest BCUT2D eigenvalue weighted by atomic mass is 16.5. The lowest BCUT2D eigenvalue weighted by Gasteiger charge is -2.23. The van der Waals surface area contributed by atoms with Crippen molar-refractivity contribution in [1.82, 2.24) is 5.32 Å². The van der Waals surface area contributed by atoms with Crippen LogP contribution in [0, 0.1) is 27.7 Å². The van der Waals surface area contributed by atoms with Crippen LogP contribution in [0.1, 0.15) is 60.5 Å². The van der Waals surface area contributed by atoms with Gasteiger partial charge in [-0.15, -0.1) is 0 Å². The lowest BCUT2D eigenvalue weighted by atomic mass is 9.99. The van der Waals surface area contributed by atoms with Gasteiger partial charge >= 0.3 is 0 Å². The van der Waals surface area contributed by atoms with E-state index in [1.165, 1.54) is 22.3 Å². The zero-order chi connectivity index (χ0) is 19.3. The molecule has 0 radical (unpaired) electrons. The molecule has 2 rings (SSSR count). The van der Waals surface area contributed by atoms with Crippen LogP contribution in [-0.4, -0.2) is 12.0 Å². The molecule has 0 fully saturated rings. The summed E-state index contributed by atoms with van der Waals surface area (Å²) >= 11 is 0. The van der Waals surface area contributed by atoms with Crippen molar-refractivity contribution in [2.75, 3.05) is 0 Å². The van der Waals surface area contributed by atoms with Crippen LogP contribution < -0.4 is 10.1 Å². The molecule has 0 aromatic heterocycles. The van der Waals surface area contributed by atoms with Crippen molar-refractivity contribution >= 4 is 5.91 Å². The molecular weight excluding hydrogens is 322 g/mol. The maximum atomic E-state index is 12.8. The first-order valence-corrected chi connectivity index (χ1v) is 9.47. The van der Waals surface area contributed by atoms with Crippen LogP contribution in [0.15, 0.2) is 36.4 Å². The Morgan fingerprint density at radius 1 is 0.885 bits per heavy atom. The molecule has 0 aliphatic carbocycles. The molecule has 0 aliphatic rings. The summed E-state index contributed by atoms with van der Waals surface area (Å²) in [7, 11) is 0. The molecule has 0 saturated heterocycles. The quantitative estimate of drug-likeness (QED) is 0.729. The summed E-state index contributed by atoms with van der Waals surface area (Å²) in [5, 5.41) is 3.16. The van der Waals surface area contributed by atoms with Gasteiger partial charge in [-0.2, -0.15) is 0 Å². The minimum atomic E-state index is -0.488. The van der Waals surface area contributed by atoms with Crippen molar-refractivity contribution in [3.63, 3.8) is 0 Å². The summed E-state index contributed by atoms with van der Waals surface area (Å²) in [5.41, 5.74) is 6.04. The van der Waals surface area contributed by atoms with Crippen LogP contribution in [0.4, 0.5) is 0 Å². The highest BCUT2D eigenvalue weighted by Gasteiger charge is 2.22. The van der Waals surface area contributed by atoms with Crippen LogP contribution in [0.5, 0.6) is 5.75 Å². The molecule has 0 unspecified atom stereocenters. The number of hydrogen-bond acceptors (Lipinski definition) is 2. The standard InChI is InChI=1S/C23H31NO2/c1-7-21(19-11-9-15(3)17(5)13-19)24-23(25)22(8-2)26-20-12-10-16(4)18(6)14-20/h9-14,21-22H,7-8H2,1-6H3,(H,24,25)/t21-,22+/m1/s1. The Balaban J connectivity index is 2.10. The van der Waals surface area contributed by atoms with Gasteiger partial charge in [-0.05, 0) is 80.5 Å². The van der Waals surface area contributed by atoms with E-state index in [0.717, 1.165) is 17.7 Å². The highest BCUT2D eigenvalue weighted by Crippen LogP contribution is 2.22. The lowest BCUT2D eigenvalue weighted by Crippen LogP contribution is -2.40. The number of aryl methyl sites for hydroxylation is 4. The fourth-order valence-corrected chi connectivity index (χ4v) is 2.94. The maximum Gasteiger partial charge on any atom is 0.261 e. The van der Waals surface area contributed by atoms with Gasteiger partial charge in [0.15, 0.2) is 6.10 Å². The first-order valence-electron chi connectivity index (χ1n) is 9.47. The third-order valence-corrected chi connectivity index (χ3v) is 5.08. The Labute approximate surface area is 157 Å². The minimum absolute atomic E-state index is 0.000737. The normalized spacial score (nSPS) is 13.2. The van der Waals surface area contributed by atoms with E-state index in [0.29, 0.717) is 6.42 Å². The average Bonchev–Trinajstić information content (AvgIpc) is 2.62. The fourth-order valence-electron chi connectivity index (χ4n) is 2.94. The van der Waals surface area contributed by atoms with Gasteiger partial charge in [0.25, 0.3) is 5.91 Å². The first kappa shape index (κ1) is 20.0. The largest absolute Gasteiger partial charge is 0.481 e. The molecule has 0 spiro atoms. The number of ether oxygens (including phenoxy) is 1. The number of hydrogen-bond donors (Lipinski definition) is 1. The lowest BCUT2D eigenvalue weighted by molar-refractivity contribution is -0.128. The van der Waals surface area contributed by atoms with Gasteiger partial charge in [0.2, 0.25) is 0 Å². The van der Waals surface area contributed by atoms with Crippen LogP contribution in [0.2, 0.25) is 0 Å². The molecule has 140 valence electrons. The zero-order valence-corrected chi connectivity index (χ0v) is 16.8. The molecule has 2 atom stereocenters. The monoisotopic (exact) mass is 353 g/mol. The highest BCUT2D eigenvalue weighted by molar-refractivity contribution is 5.81. The third kappa shape index (κ3) is 4.87. The number of carbonyl (C=O) groups is 1. The van der Waals surface area contributed by atoms with E-state index in [4.69, 9.17) is 4.74 Å². The Kier molecular flexibility index (Phi) is 6.84. The summed E-state index contributed by atoms with van der Waals surface area (Å²) in [5.74, 6) is 0.685. The number of carbonyl (C=O) groups excluding carboxylic acids is 1. The van der Waals surface area contributed by atoms with Crippen LogP contribution in [-0.2, 0) is 4.79 Å². The van der Waals surface area contributed by atoms with Crippen molar-refractivity contribution < 1.29 is 9.53 Å². The summed E-state index contributed by atoms with van der Waals surface area (Å²) in [6.07, 6.45) is 0.980. The smallest absolute Gasteiger partial charge is 0.261 e. The van der Waals surface area contributed by atoms with E-state index in [2.05, 4.69) is 58.1 Å². The Bertz CT molecular complexity index is 767. The van der Waals surface area contributed by atoms with Crippen molar-refractivity contribution in [3.8, 4) is 5.75 Å². The summed E-state index contributed by atoms with van der Waals surface area (Å²) < 4.78 is 5.97. The fraction of sp³-hybridized carbons (Fsp3) is 0.435. The predicted molar refractivity (Wildman–Crippen MR) is 108 cm³/mol. The molecule has 1 N–H and O–H groups in total. The predicted octanol–water partition coefficient (Wildman–Crippen LogP) is 5.35. The van der Waals surface area contributed by atoms with E-state index in [-0.39, 0.29) is 11.9 Å². The van der Waals surface area contributed by atoms with Crippen molar-refractivity contribution in [3.05, 3.63) is 64.2 Å². The van der Waals surface area contributed by atoms with E-state index in [9.17, 15) is 4.79 Å². The van der Waals surface area contributed by atoms with Gasteiger partial charge in [0.1, 0.15) is 5.75 Å². The number of amides is 1. The van der Waals surface area contributed by atoms with Crippen molar-refractivity contribution in [1.29, 1.82) is 0 Å². The van der Waals surface area contributed by atoms with Gasteiger partial charge in [-0.25, -0.2) is 0 Å². The first-order chi connectivity index (χ1) is 12.3. The molecule has 0 bridgehead atoms. The SMILES string of the molecule is CC[C@H](Oc1ccc(C)c(C)c1)C(=O)N[C@H](CC)c1ccc(C)c(C)c1. The second-order valence-corrected chi connectivity index (χ2v) is 7.07. The molecule has 0 saturated carbocycles. The van der Waals surface area contributed by atoms with E-state index < -0.39 is 6.10 Å². The number of rotatable bonds is 7. The van der Waals surface area contributed by atoms with Gasteiger partial charge in [0.05, 0.1) is 6.04 Å². The number of nitrogens with one attached hydrogen (secondary N) is 1. The van der Waals surface area contributed by atoms with E-state index >= 15 is 0 Å². The Morgan fingerprint density at radius 3 is 2.04 bits per heavy atom. The summed E-state index contributed by atoms with van der Waals surface area (Å²) in [4.78, 5) is 12.8. The average molecular weight is 354 g/mol. The van der Waals surface area contributed by atoms with Crippen LogP contribution in [0.3, 0.4) is 0 Å². The molecule has 2 aromatic carbocycles. The molecule has 0 aliphatic heterocycles. The molecule has 3 heteroatoms. The molecule has 1 amide bonds. The van der Waals surface area contributed by atoms with E-state index in [1.807, 2.05) is 25.1 Å². The van der Waals surface area contributed by atoms with Crippen molar-refractivity contribution in [2.24, 2.45) is 0 Å². The zero-order valence-electron chi connectivity index (χ0n) is 16.8. The molecule has 3 nitrogen and oxygen atoms in total. The summed E-state index contributed by atoms with van der Waals surface area (Å²) in [6, 6.07) is 12.3. The molecule has 26 heavy (non-hydrogen) atoms. The molecular formula is C23H31NO2. The second kappa shape index (κ2) is 8.88. The Morgan fingerprint density at radius 2 is 1.50 bits per heavy atom. The second-order valence-electron chi connectivity index (χ2n) is 7.07. The summed E-state index contributed by atoms with van der Waals surface area (Å²) in [6.45, 7) is 12.4. The van der Waals surface area contributed by atoms with Gasteiger partial charge in [0, 0.05) is 0 Å². The molecule has 0 heterocycles. The van der Waals surface area contributed by atoms with Crippen molar-refractivity contribution in [2.45, 2.75) is 66.5 Å². The van der Waals surface area contributed by atoms with Crippen LogP contribution in [0.25, 0.3) is 0 Å². The Hall–Kier alpha value is -2.29. The van der Waals surface area contributed by atoms with E-state index in [1.54, 1.807) is 0 Å². The van der Waals surface area contributed by atoms with Gasteiger partial charge in [-0.3, -0.25) is 4.79 Å². The van der Waals surface area contributed by atoms with Gasteiger partial charge < -0.3 is 10.1 Å². The van der Waals surface area contributed by atoms with Crippen LogP contribution >= 0.6 is 0 Å². The molecule has 2 aromatic rings. The topological polar surface area (TPSA) is 38.3 Å². The third-order valence-electron chi connectivity index (χ3n) is 5.08. The minimum Gasteiger partial charge on any atom is -0.481 e. The maximum absolute atomic E-state index is 12.8. The van der Waals surface area contributed by atoms with Gasteiger partial charge in [-0.1, -0.05) is 38.1 Å².